The predicted molar refractivity (Wildman–Crippen MR) is 58.1 cm³/mol. The molecule has 4 nitrogen and oxygen atoms in total. The largest absolute Gasteiger partial charge is 0.305 e. The quantitative estimate of drug-likeness (QED) is 0.792. The fourth-order valence-corrected chi connectivity index (χ4v) is 1.42. The summed E-state index contributed by atoms with van der Waals surface area (Å²) in [6.07, 6.45) is 5.38. The molecule has 0 aromatic carbocycles. The molecule has 0 saturated carbocycles. The number of H-pyrrole nitrogens is 1. The smallest absolute Gasteiger partial charge is 0.0490 e. The van der Waals surface area contributed by atoms with Crippen LogP contribution in [0.3, 0.4) is 0 Å². The summed E-state index contributed by atoms with van der Waals surface area (Å²) in [6, 6.07) is 6.32. The van der Waals surface area contributed by atoms with Gasteiger partial charge in [0.05, 0.1) is 0 Å². The third kappa shape index (κ3) is 2.63. The molecule has 0 bridgehead atoms. The lowest BCUT2D eigenvalue weighted by Gasteiger charge is -2.12. The van der Waals surface area contributed by atoms with E-state index in [2.05, 4.69) is 27.4 Å². The third-order valence-electron chi connectivity index (χ3n) is 2.36. The Kier molecular flexibility index (Phi) is 3.09. The van der Waals surface area contributed by atoms with Crippen molar-refractivity contribution >= 4 is 0 Å². The number of aromatic amines is 1. The first-order chi connectivity index (χ1) is 7.36. The molecular weight excluding hydrogens is 188 g/mol. The van der Waals surface area contributed by atoms with Gasteiger partial charge >= 0.3 is 0 Å². The van der Waals surface area contributed by atoms with Gasteiger partial charge in [-0.2, -0.15) is 5.10 Å². The monoisotopic (exact) mass is 202 g/mol. The lowest BCUT2D eigenvalue weighted by Crippen LogP contribution is -2.18. The minimum absolute atomic E-state index is 0.316. The molecule has 1 atom stereocenters. The van der Waals surface area contributed by atoms with Crippen LogP contribution in [0.1, 0.15) is 24.2 Å². The second kappa shape index (κ2) is 4.70. The molecule has 0 aliphatic heterocycles. The van der Waals surface area contributed by atoms with Gasteiger partial charge in [-0.05, 0) is 30.7 Å². The molecule has 15 heavy (non-hydrogen) atoms. The van der Waals surface area contributed by atoms with E-state index in [1.807, 2.05) is 30.6 Å². The van der Waals surface area contributed by atoms with Crippen LogP contribution < -0.4 is 5.32 Å². The van der Waals surface area contributed by atoms with Crippen molar-refractivity contribution in [2.24, 2.45) is 0 Å². The van der Waals surface area contributed by atoms with E-state index in [1.54, 1.807) is 6.20 Å². The van der Waals surface area contributed by atoms with Crippen molar-refractivity contribution in [2.45, 2.75) is 19.5 Å². The summed E-state index contributed by atoms with van der Waals surface area (Å²) in [6.45, 7) is 2.93. The first kappa shape index (κ1) is 9.86. The van der Waals surface area contributed by atoms with Crippen LogP contribution in [0.15, 0.2) is 36.8 Å². The Labute approximate surface area is 88.8 Å². The molecule has 0 saturated heterocycles. The molecule has 0 aliphatic rings. The van der Waals surface area contributed by atoms with Crippen LogP contribution in [0.4, 0.5) is 0 Å². The average molecular weight is 202 g/mol. The van der Waals surface area contributed by atoms with Crippen LogP contribution in [0.25, 0.3) is 0 Å². The fraction of sp³-hybridized carbons (Fsp3) is 0.273. The zero-order chi connectivity index (χ0) is 10.5. The maximum absolute atomic E-state index is 3.99. The lowest BCUT2D eigenvalue weighted by molar-refractivity contribution is 0.566. The molecule has 2 heterocycles. The highest BCUT2D eigenvalue weighted by Crippen LogP contribution is 2.10. The maximum atomic E-state index is 3.99. The third-order valence-corrected chi connectivity index (χ3v) is 2.36. The van der Waals surface area contributed by atoms with E-state index in [0.29, 0.717) is 6.04 Å². The molecule has 0 unspecified atom stereocenters. The van der Waals surface area contributed by atoms with Crippen molar-refractivity contribution in [2.75, 3.05) is 0 Å². The second-order valence-electron chi connectivity index (χ2n) is 3.47. The number of pyridine rings is 1. The number of rotatable bonds is 4. The number of nitrogens with one attached hydrogen (secondary N) is 2. The number of hydrogen-bond acceptors (Lipinski definition) is 3. The SMILES string of the molecule is C[C@H](NCc1ccn[nH]1)c1ccncc1. The zero-order valence-electron chi connectivity index (χ0n) is 8.64. The van der Waals surface area contributed by atoms with Crippen molar-refractivity contribution in [1.82, 2.24) is 20.5 Å². The Bertz CT molecular complexity index is 382. The summed E-state index contributed by atoms with van der Waals surface area (Å²) in [5.74, 6) is 0. The highest BCUT2D eigenvalue weighted by Gasteiger charge is 2.03. The van der Waals surface area contributed by atoms with Crippen LogP contribution in [0, 0.1) is 0 Å². The van der Waals surface area contributed by atoms with Crippen molar-refractivity contribution < 1.29 is 0 Å². The van der Waals surface area contributed by atoms with Gasteiger partial charge in [-0.1, -0.05) is 0 Å². The molecule has 0 spiro atoms. The van der Waals surface area contributed by atoms with Crippen LogP contribution in [0.2, 0.25) is 0 Å². The van der Waals surface area contributed by atoms with E-state index < -0.39 is 0 Å². The van der Waals surface area contributed by atoms with E-state index in [1.165, 1.54) is 5.56 Å². The van der Waals surface area contributed by atoms with Gasteiger partial charge in [0.15, 0.2) is 0 Å². The van der Waals surface area contributed by atoms with Crippen molar-refractivity contribution in [3.05, 3.63) is 48.0 Å². The summed E-state index contributed by atoms with van der Waals surface area (Å²) in [5.41, 5.74) is 2.33. The van der Waals surface area contributed by atoms with E-state index in [9.17, 15) is 0 Å². The van der Waals surface area contributed by atoms with Crippen LogP contribution >= 0.6 is 0 Å². The van der Waals surface area contributed by atoms with Gasteiger partial charge in [0.2, 0.25) is 0 Å². The predicted octanol–water partition coefficient (Wildman–Crippen LogP) is 1.66. The van der Waals surface area contributed by atoms with Crippen LogP contribution in [0.5, 0.6) is 0 Å². The standard InChI is InChI=1S/C11H14N4/c1-9(10-2-5-12-6-3-10)13-8-11-4-7-14-15-11/h2-7,9,13H,8H2,1H3,(H,14,15)/t9-/m0/s1. The molecule has 2 aromatic rings. The molecule has 0 aliphatic carbocycles. The Morgan fingerprint density at radius 1 is 1.27 bits per heavy atom. The van der Waals surface area contributed by atoms with Gasteiger partial charge in [-0.15, -0.1) is 0 Å². The zero-order valence-corrected chi connectivity index (χ0v) is 8.64. The van der Waals surface area contributed by atoms with Gasteiger partial charge < -0.3 is 5.32 Å². The summed E-state index contributed by atoms with van der Waals surface area (Å²) in [5, 5.41) is 10.2. The maximum Gasteiger partial charge on any atom is 0.0490 e. The summed E-state index contributed by atoms with van der Waals surface area (Å²) in [7, 11) is 0. The average Bonchev–Trinajstić information content (AvgIpc) is 2.80. The molecule has 2 aromatic heterocycles. The normalized spacial score (nSPS) is 12.6. The Balaban J connectivity index is 1.90. The van der Waals surface area contributed by atoms with E-state index in [0.717, 1.165) is 12.2 Å². The van der Waals surface area contributed by atoms with Gasteiger partial charge in [-0.3, -0.25) is 10.1 Å². The van der Waals surface area contributed by atoms with Crippen molar-refractivity contribution in [1.29, 1.82) is 0 Å². The first-order valence-electron chi connectivity index (χ1n) is 4.98. The highest BCUT2D eigenvalue weighted by atomic mass is 15.1. The molecule has 78 valence electrons. The summed E-state index contributed by atoms with van der Waals surface area (Å²) in [4.78, 5) is 3.99. The first-order valence-corrected chi connectivity index (χ1v) is 4.98. The summed E-state index contributed by atoms with van der Waals surface area (Å²) < 4.78 is 0. The Morgan fingerprint density at radius 3 is 2.73 bits per heavy atom. The molecule has 0 fully saturated rings. The molecule has 2 rings (SSSR count). The number of nitrogens with zero attached hydrogens (tertiary/aromatic N) is 2. The van der Waals surface area contributed by atoms with Crippen LogP contribution in [-0.4, -0.2) is 15.2 Å². The Morgan fingerprint density at radius 2 is 2.07 bits per heavy atom. The minimum atomic E-state index is 0.316. The van der Waals surface area contributed by atoms with Gasteiger partial charge in [0.25, 0.3) is 0 Å². The topological polar surface area (TPSA) is 53.6 Å². The molecule has 4 heteroatoms. The molecule has 0 amide bonds. The number of aromatic nitrogens is 3. The van der Waals surface area contributed by atoms with Crippen LogP contribution in [-0.2, 0) is 6.54 Å². The van der Waals surface area contributed by atoms with Gasteiger partial charge in [-0.25, -0.2) is 0 Å². The Hall–Kier alpha value is -1.68. The van der Waals surface area contributed by atoms with E-state index in [4.69, 9.17) is 0 Å². The van der Waals surface area contributed by atoms with E-state index >= 15 is 0 Å². The number of hydrogen-bond donors (Lipinski definition) is 2. The van der Waals surface area contributed by atoms with Crippen molar-refractivity contribution in [3.8, 4) is 0 Å². The highest BCUT2D eigenvalue weighted by molar-refractivity contribution is 5.14. The van der Waals surface area contributed by atoms with Gasteiger partial charge in [0, 0.05) is 36.9 Å². The minimum Gasteiger partial charge on any atom is -0.305 e. The lowest BCUT2D eigenvalue weighted by atomic mass is 10.1. The van der Waals surface area contributed by atoms with Crippen molar-refractivity contribution in [3.63, 3.8) is 0 Å². The van der Waals surface area contributed by atoms with Gasteiger partial charge in [0.1, 0.15) is 0 Å². The molecule has 2 N–H and O–H groups in total. The second-order valence-corrected chi connectivity index (χ2v) is 3.47. The summed E-state index contributed by atoms with van der Waals surface area (Å²) >= 11 is 0. The fourth-order valence-electron chi connectivity index (χ4n) is 1.42. The molecular formula is C11H14N4. The van der Waals surface area contributed by atoms with E-state index in [-0.39, 0.29) is 0 Å². The molecule has 0 radical (unpaired) electrons.